The van der Waals surface area contributed by atoms with Gasteiger partial charge in [-0.05, 0) is 44.4 Å². The third-order valence-electron chi connectivity index (χ3n) is 4.59. The molecule has 0 bridgehead atoms. The van der Waals surface area contributed by atoms with E-state index in [1.54, 1.807) is 0 Å². The Kier molecular flexibility index (Phi) is 4.71. The van der Waals surface area contributed by atoms with Gasteiger partial charge in [-0.25, -0.2) is 13.1 Å². The third kappa shape index (κ3) is 3.32. The van der Waals surface area contributed by atoms with Crippen LogP contribution in [0.3, 0.4) is 0 Å². The van der Waals surface area contributed by atoms with Crippen molar-refractivity contribution < 1.29 is 13.2 Å². The van der Waals surface area contributed by atoms with Gasteiger partial charge in [-0.15, -0.1) is 0 Å². The van der Waals surface area contributed by atoms with E-state index in [-0.39, 0.29) is 5.84 Å². The molecule has 0 aromatic rings. The summed E-state index contributed by atoms with van der Waals surface area (Å²) in [6, 6.07) is 0. The van der Waals surface area contributed by atoms with E-state index >= 15 is 0 Å². The van der Waals surface area contributed by atoms with Crippen molar-refractivity contribution in [1.29, 1.82) is 5.41 Å². The molecule has 2 aliphatic rings. The number of hydrogen-bond acceptors (Lipinski definition) is 4. The lowest BCUT2D eigenvalue weighted by Gasteiger charge is -2.40. The van der Waals surface area contributed by atoms with Gasteiger partial charge >= 0.3 is 0 Å². The largest absolute Gasteiger partial charge is 0.386 e. The van der Waals surface area contributed by atoms with Crippen LogP contribution in [0.15, 0.2) is 0 Å². The molecule has 4 N–H and O–H groups in total. The minimum absolute atomic E-state index is 0.0555. The van der Waals surface area contributed by atoms with Crippen molar-refractivity contribution in [3.63, 3.8) is 0 Å². The molecule has 0 aromatic heterocycles. The first-order valence-electron chi connectivity index (χ1n) is 7.31. The Hall–Kier alpha value is -0.660. The molecular formula is C13H25N3O3S. The molecule has 2 rings (SSSR count). The molecular weight excluding hydrogens is 278 g/mol. The molecule has 1 heterocycles. The first-order chi connectivity index (χ1) is 9.36. The quantitative estimate of drug-likeness (QED) is 0.531. The minimum atomic E-state index is -3.45. The molecule has 20 heavy (non-hydrogen) atoms. The fraction of sp³-hybridized carbons (Fsp3) is 0.923. The summed E-state index contributed by atoms with van der Waals surface area (Å²) in [6.45, 7) is 3.11. The second kappa shape index (κ2) is 5.99. The monoisotopic (exact) mass is 303 g/mol. The highest BCUT2D eigenvalue weighted by Crippen LogP contribution is 2.33. The molecule has 1 aliphatic heterocycles. The smallest absolute Gasteiger partial charge is 0.215 e. The van der Waals surface area contributed by atoms with Gasteiger partial charge in [0.1, 0.15) is 5.84 Å². The van der Waals surface area contributed by atoms with Crippen LogP contribution in [0.1, 0.15) is 45.4 Å². The van der Waals surface area contributed by atoms with Gasteiger partial charge in [0, 0.05) is 13.2 Å². The van der Waals surface area contributed by atoms with Crippen molar-refractivity contribution in [3.8, 4) is 0 Å². The Bertz CT molecular complexity index is 449. The lowest BCUT2D eigenvalue weighted by Crippen LogP contribution is -2.60. The van der Waals surface area contributed by atoms with E-state index < -0.39 is 20.8 Å². The molecule has 0 atom stereocenters. The highest BCUT2D eigenvalue weighted by atomic mass is 32.2. The maximum Gasteiger partial charge on any atom is 0.215 e. The molecule has 0 aromatic carbocycles. The van der Waals surface area contributed by atoms with Gasteiger partial charge in [-0.2, -0.15) is 0 Å². The zero-order chi connectivity index (χ0) is 14.8. The Balaban J connectivity index is 2.13. The maximum absolute atomic E-state index is 12.5. The number of nitrogens with one attached hydrogen (secondary N) is 2. The number of rotatable bonds is 4. The fourth-order valence-corrected chi connectivity index (χ4v) is 4.86. The van der Waals surface area contributed by atoms with Crippen LogP contribution in [0.4, 0.5) is 0 Å². The van der Waals surface area contributed by atoms with Gasteiger partial charge in [0.15, 0.2) is 0 Å². The number of ether oxygens (including phenoxy) is 1. The van der Waals surface area contributed by atoms with Gasteiger partial charge < -0.3 is 10.5 Å². The van der Waals surface area contributed by atoms with Crippen LogP contribution < -0.4 is 10.5 Å². The van der Waals surface area contributed by atoms with Crippen molar-refractivity contribution in [3.05, 3.63) is 0 Å². The maximum atomic E-state index is 12.5. The average molecular weight is 303 g/mol. The molecule has 1 saturated heterocycles. The number of nitrogens with two attached hydrogens (primary N) is 1. The summed E-state index contributed by atoms with van der Waals surface area (Å²) in [6.07, 6.45) is 4.06. The third-order valence-corrected chi connectivity index (χ3v) is 6.61. The second-order valence-corrected chi connectivity index (χ2v) is 8.10. The highest BCUT2D eigenvalue weighted by molar-refractivity contribution is 7.90. The zero-order valence-corrected chi connectivity index (χ0v) is 12.8. The summed E-state index contributed by atoms with van der Waals surface area (Å²) in [4.78, 5) is 0. The summed E-state index contributed by atoms with van der Waals surface area (Å²) < 4.78 is 33.0. The van der Waals surface area contributed by atoms with Crippen LogP contribution in [0.25, 0.3) is 0 Å². The second-order valence-electron chi connectivity index (χ2n) is 6.14. The summed E-state index contributed by atoms with van der Waals surface area (Å²) >= 11 is 0. The van der Waals surface area contributed by atoms with E-state index in [9.17, 15) is 8.42 Å². The van der Waals surface area contributed by atoms with Gasteiger partial charge in [-0.3, -0.25) is 5.41 Å². The van der Waals surface area contributed by atoms with Gasteiger partial charge in [0.25, 0.3) is 0 Å². The van der Waals surface area contributed by atoms with Gasteiger partial charge in [0.2, 0.25) is 10.0 Å². The Morgan fingerprint density at radius 3 is 2.30 bits per heavy atom. The van der Waals surface area contributed by atoms with Crippen molar-refractivity contribution >= 4 is 15.9 Å². The van der Waals surface area contributed by atoms with Crippen LogP contribution in [0.2, 0.25) is 0 Å². The summed E-state index contributed by atoms with van der Waals surface area (Å²) in [5, 5.41) is 7.40. The topological polar surface area (TPSA) is 105 Å². The molecule has 0 spiro atoms. The lowest BCUT2D eigenvalue weighted by molar-refractivity contribution is 0.0979. The van der Waals surface area contributed by atoms with Crippen molar-refractivity contribution in [2.45, 2.75) is 56.2 Å². The zero-order valence-electron chi connectivity index (χ0n) is 12.0. The first-order valence-corrected chi connectivity index (χ1v) is 8.85. The van der Waals surface area contributed by atoms with Crippen LogP contribution in [0.5, 0.6) is 0 Å². The van der Waals surface area contributed by atoms with Gasteiger partial charge in [0.05, 0.1) is 10.8 Å². The predicted octanol–water partition coefficient (Wildman–Crippen LogP) is 0.970. The number of sulfonamides is 1. The average Bonchev–Trinajstić information content (AvgIpc) is 2.42. The summed E-state index contributed by atoms with van der Waals surface area (Å²) in [5.41, 5.74) is 4.84. The van der Waals surface area contributed by atoms with E-state index in [0.29, 0.717) is 44.8 Å². The normalized spacial score (nSPS) is 33.0. The van der Waals surface area contributed by atoms with Crippen LogP contribution in [0, 0.1) is 11.3 Å². The fourth-order valence-electron chi connectivity index (χ4n) is 3.02. The molecule has 6 nitrogen and oxygen atoms in total. The van der Waals surface area contributed by atoms with E-state index in [4.69, 9.17) is 15.9 Å². The van der Waals surface area contributed by atoms with E-state index in [0.717, 1.165) is 12.8 Å². The number of amidine groups is 1. The van der Waals surface area contributed by atoms with Crippen molar-refractivity contribution in [2.24, 2.45) is 11.7 Å². The number of hydrogen-bond donors (Lipinski definition) is 3. The molecule has 0 unspecified atom stereocenters. The van der Waals surface area contributed by atoms with E-state index in [2.05, 4.69) is 11.6 Å². The summed E-state index contributed by atoms with van der Waals surface area (Å²) in [7, 11) is -3.45. The van der Waals surface area contributed by atoms with Crippen LogP contribution >= 0.6 is 0 Å². The Labute approximate surface area is 121 Å². The highest BCUT2D eigenvalue weighted by Gasteiger charge is 2.42. The lowest BCUT2D eigenvalue weighted by atomic mass is 9.77. The van der Waals surface area contributed by atoms with Crippen molar-refractivity contribution in [2.75, 3.05) is 13.2 Å². The van der Waals surface area contributed by atoms with E-state index in [1.807, 2.05) is 0 Å². The molecule has 7 heteroatoms. The standard InChI is InChI=1S/C13H25N3O3S/c1-10-2-6-13(7-3-10,12(14)15)16-20(17,18)11-4-8-19-9-5-11/h10-11,16H,2-9H2,1H3,(H3,14,15). The Morgan fingerprint density at radius 1 is 1.25 bits per heavy atom. The SMILES string of the molecule is CC1CCC(NS(=O)(=O)C2CCOCC2)(C(=N)N)CC1. The predicted molar refractivity (Wildman–Crippen MR) is 78.2 cm³/mol. The molecule has 116 valence electrons. The van der Waals surface area contributed by atoms with Crippen LogP contribution in [-0.4, -0.2) is 38.3 Å². The first kappa shape index (κ1) is 15.7. The Morgan fingerprint density at radius 2 is 1.80 bits per heavy atom. The summed E-state index contributed by atoms with van der Waals surface area (Å²) in [5.74, 6) is 0.509. The minimum Gasteiger partial charge on any atom is -0.386 e. The molecule has 0 radical (unpaired) electrons. The van der Waals surface area contributed by atoms with E-state index in [1.165, 1.54) is 0 Å². The molecule has 1 aliphatic carbocycles. The molecule has 1 saturated carbocycles. The molecule has 0 amide bonds. The molecule has 2 fully saturated rings. The van der Waals surface area contributed by atoms with Crippen molar-refractivity contribution in [1.82, 2.24) is 4.72 Å². The van der Waals surface area contributed by atoms with Gasteiger partial charge in [-0.1, -0.05) is 6.92 Å². The van der Waals surface area contributed by atoms with Crippen LogP contribution in [-0.2, 0) is 14.8 Å².